The van der Waals surface area contributed by atoms with Crippen molar-refractivity contribution in [2.24, 2.45) is 0 Å². The van der Waals surface area contributed by atoms with Crippen LogP contribution in [0.1, 0.15) is 22.3 Å². The van der Waals surface area contributed by atoms with E-state index in [-0.39, 0.29) is 0 Å². The molecule has 0 saturated carbocycles. The van der Waals surface area contributed by atoms with Crippen molar-refractivity contribution in [3.8, 4) is 100 Å². The van der Waals surface area contributed by atoms with Gasteiger partial charge in [0.1, 0.15) is 0 Å². The topological polar surface area (TPSA) is 51.6 Å². The van der Waals surface area contributed by atoms with E-state index >= 15 is 0 Å². The summed E-state index contributed by atoms with van der Waals surface area (Å²) in [5.41, 5.74) is 27.3. The first-order chi connectivity index (χ1) is 44.1. The fourth-order valence-corrected chi connectivity index (χ4v) is 14.1. The first kappa shape index (κ1) is 51.7. The quantitative estimate of drug-likeness (QED) is 0.128. The van der Waals surface area contributed by atoms with E-state index in [0.717, 1.165) is 133 Å². The Balaban J connectivity index is 0.884. The van der Waals surface area contributed by atoms with Crippen molar-refractivity contribution in [1.29, 1.82) is 0 Å². The molecule has 0 aliphatic heterocycles. The first-order valence-corrected chi connectivity index (χ1v) is 30.4. The van der Waals surface area contributed by atoms with Gasteiger partial charge in [-0.1, -0.05) is 279 Å². The van der Waals surface area contributed by atoms with Crippen LogP contribution in [0, 0.1) is 0 Å². The van der Waals surface area contributed by atoms with Crippen molar-refractivity contribution in [3.63, 3.8) is 0 Å². The van der Waals surface area contributed by atoms with Gasteiger partial charge in [-0.2, -0.15) is 0 Å². The van der Waals surface area contributed by atoms with Gasteiger partial charge in [0, 0.05) is 45.1 Å². The summed E-state index contributed by atoms with van der Waals surface area (Å²) in [6, 6.07) is 114. The van der Waals surface area contributed by atoms with E-state index in [4.69, 9.17) is 19.9 Å². The highest BCUT2D eigenvalue weighted by Crippen LogP contribution is 2.58. The molecule has 0 saturated heterocycles. The third-order valence-corrected chi connectivity index (χ3v) is 18.3. The molecule has 12 aromatic carbocycles. The normalized spacial score (nSPS) is 12.4. The molecule has 0 spiro atoms. The number of pyridine rings is 4. The molecule has 0 bridgehead atoms. The largest absolute Gasteiger partial charge is 0.254 e. The molecule has 0 radical (unpaired) electrons. The molecular weight excluding hydrogens is 1080 g/mol. The monoisotopic (exact) mass is 1130 g/mol. The van der Waals surface area contributed by atoms with Crippen LogP contribution in [0.4, 0.5) is 0 Å². The lowest BCUT2D eigenvalue weighted by Crippen LogP contribution is -2.28. The predicted molar refractivity (Wildman–Crippen MR) is 368 cm³/mol. The summed E-state index contributed by atoms with van der Waals surface area (Å²) in [5, 5.41) is 4.25. The minimum Gasteiger partial charge on any atom is -0.254 e. The minimum absolute atomic E-state index is 0.781. The van der Waals surface area contributed by atoms with Crippen LogP contribution in [0.25, 0.3) is 144 Å². The number of rotatable bonds is 10. The van der Waals surface area contributed by atoms with Crippen molar-refractivity contribution in [1.82, 2.24) is 19.9 Å². The lowest BCUT2D eigenvalue weighted by Gasteiger charge is -2.34. The summed E-state index contributed by atoms with van der Waals surface area (Å²) < 4.78 is 0. The summed E-state index contributed by atoms with van der Waals surface area (Å²) in [5.74, 6) is 0. The van der Waals surface area contributed by atoms with Gasteiger partial charge in [0.25, 0.3) is 0 Å². The molecule has 4 heteroatoms. The Morgan fingerprint density at radius 1 is 0.202 bits per heavy atom. The molecule has 4 nitrogen and oxygen atoms in total. The number of benzene rings is 12. The van der Waals surface area contributed by atoms with E-state index in [2.05, 4.69) is 315 Å². The van der Waals surface area contributed by atoms with Crippen LogP contribution in [0.15, 0.2) is 328 Å². The van der Waals surface area contributed by atoms with Crippen LogP contribution < -0.4 is 0 Å². The van der Waals surface area contributed by atoms with E-state index in [9.17, 15) is 0 Å². The van der Waals surface area contributed by atoms with Crippen LogP contribution in [-0.2, 0) is 5.41 Å². The van der Waals surface area contributed by atoms with Gasteiger partial charge in [-0.05, 0) is 137 Å². The second-order valence-corrected chi connectivity index (χ2v) is 23.2. The van der Waals surface area contributed by atoms with Crippen LogP contribution in [-0.4, -0.2) is 19.9 Å². The Labute approximate surface area is 516 Å². The summed E-state index contributed by atoms with van der Waals surface area (Å²) in [4.78, 5) is 21.4. The third-order valence-electron chi connectivity index (χ3n) is 18.3. The maximum Gasteiger partial charge on any atom is 0.0978 e. The number of hydrogen-bond donors (Lipinski definition) is 0. The lowest BCUT2D eigenvalue weighted by molar-refractivity contribution is 0.769. The second-order valence-electron chi connectivity index (χ2n) is 23.2. The Kier molecular flexibility index (Phi) is 12.4. The van der Waals surface area contributed by atoms with E-state index in [1.165, 1.54) is 33.4 Å². The Hall–Kier alpha value is -11.7. The van der Waals surface area contributed by atoms with Gasteiger partial charge < -0.3 is 0 Å². The lowest BCUT2D eigenvalue weighted by atomic mass is 9.67. The summed E-state index contributed by atoms with van der Waals surface area (Å²) in [6.45, 7) is 0. The number of nitrogens with zero attached hydrogens (tertiary/aromatic N) is 4. The van der Waals surface area contributed by atoms with E-state index in [0.29, 0.717) is 0 Å². The maximum absolute atomic E-state index is 5.60. The minimum atomic E-state index is -0.781. The summed E-state index contributed by atoms with van der Waals surface area (Å²) >= 11 is 0. The molecule has 0 unspecified atom stereocenters. The summed E-state index contributed by atoms with van der Waals surface area (Å²) in [6.07, 6.45) is 3.85. The maximum atomic E-state index is 5.60. The zero-order chi connectivity index (χ0) is 58.8. The molecule has 4 heterocycles. The third kappa shape index (κ3) is 8.67. The van der Waals surface area contributed by atoms with E-state index in [1.54, 1.807) is 0 Å². The van der Waals surface area contributed by atoms with Gasteiger partial charge in [0.05, 0.1) is 38.9 Å². The van der Waals surface area contributed by atoms with Crippen molar-refractivity contribution in [2.75, 3.05) is 0 Å². The van der Waals surface area contributed by atoms with Gasteiger partial charge in [0.15, 0.2) is 0 Å². The van der Waals surface area contributed by atoms with Crippen LogP contribution >= 0.6 is 0 Å². The van der Waals surface area contributed by atoms with Gasteiger partial charge in [0.2, 0.25) is 0 Å². The molecule has 1 aliphatic carbocycles. The zero-order valence-electron chi connectivity index (χ0n) is 48.5. The van der Waals surface area contributed by atoms with E-state index < -0.39 is 5.41 Å². The van der Waals surface area contributed by atoms with Crippen molar-refractivity contribution in [3.05, 3.63) is 350 Å². The molecule has 89 heavy (non-hydrogen) atoms. The van der Waals surface area contributed by atoms with Crippen molar-refractivity contribution >= 4 is 43.6 Å². The second kappa shape index (κ2) is 21.4. The molecule has 0 N–H and O–H groups in total. The molecule has 414 valence electrons. The molecule has 4 aromatic heterocycles. The number of fused-ring (bicyclic) bond motifs is 9. The molecule has 0 amide bonds. The average molecular weight is 1130 g/mol. The van der Waals surface area contributed by atoms with Crippen molar-refractivity contribution in [2.45, 2.75) is 5.41 Å². The molecule has 0 atom stereocenters. The fourth-order valence-electron chi connectivity index (χ4n) is 14.1. The van der Waals surface area contributed by atoms with Gasteiger partial charge in [-0.3, -0.25) is 9.97 Å². The smallest absolute Gasteiger partial charge is 0.0978 e. The molecule has 17 rings (SSSR count). The Morgan fingerprint density at radius 2 is 0.506 bits per heavy atom. The highest BCUT2D eigenvalue weighted by Gasteiger charge is 2.47. The van der Waals surface area contributed by atoms with Crippen molar-refractivity contribution < 1.29 is 0 Å². The fraction of sp³-hybridized carbons (Fsp3) is 0.0118. The number of aromatic nitrogens is 4. The Bertz CT molecular complexity index is 5030. The van der Waals surface area contributed by atoms with Crippen LogP contribution in [0.3, 0.4) is 0 Å². The first-order valence-electron chi connectivity index (χ1n) is 30.4. The average Bonchev–Trinajstić information content (AvgIpc) is 1.58. The van der Waals surface area contributed by atoms with Gasteiger partial charge in [-0.15, -0.1) is 0 Å². The highest BCUT2D eigenvalue weighted by molar-refractivity contribution is 6.14. The van der Waals surface area contributed by atoms with Gasteiger partial charge >= 0.3 is 0 Å². The molecule has 1 aliphatic rings. The highest BCUT2D eigenvalue weighted by atomic mass is 14.8. The SMILES string of the molecule is c1ccc(-c2ccc3c(c2)C(c2ccc(-c4cc(-c5ccccc5)c5ccc6c(-c7ccccc7)ccnc6c5n4)cc2)(c2ccc(-c4cc(-c5ccccc5)c5ccc6c(-c7ccccc7)ccnc6c5n4)cc2)c2cc(-c4ccccc4)ccc2-3)cc1. The van der Waals surface area contributed by atoms with Crippen LogP contribution in [0.5, 0.6) is 0 Å². The van der Waals surface area contributed by atoms with E-state index in [1.807, 2.05) is 12.4 Å². The Morgan fingerprint density at radius 3 is 0.854 bits per heavy atom. The summed E-state index contributed by atoms with van der Waals surface area (Å²) in [7, 11) is 0. The molecule has 0 fully saturated rings. The zero-order valence-corrected chi connectivity index (χ0v) is 48.5. The molecular formula is C85H54N4. The van der Waals surface area contributed by atoms with Crippen LogP contribution in [0.2, 0.25) is 0 Å². The number of hydrogen-bond acceptors (Lipinski definition) is 4. The predicted octanol–water partition coefficient (Wildman–Crippen LogP) is 21.6. The standard InChI is InChI=1S/C85H54N4/c1-7-19-55(20-8-1)63-35-41-69-70-42-36-64(56-21-9-2-10-22-56)52-78(70)85(77(69)51-63,65-37-31-61(32-38-65)79-53-75(59-27-15-5-16-28-59)73-45-43-71-67(57-23-11-3-12-24-57)47-49-86-81(71)83(73)88-79)66-39-33-62(34-40-66)80-54-76(60-29-17-6-18-30-60)74-46-44-72-68(58-25-13-4-14-26-58)48-50-87-82(72)84(74)89-80/h1-54H. The molecule has 16 aromatic rings. The van der Waals surface area contributed by atoms with Gasteiger partial charge in [-0.25, -0.2) is 9.97 Å².